The van der Waals surface area contributed by atoms with E-state index in [1.165, 1.54) is 0 Å². The molecule has 0 bridgehead atoms. The highest BCUT2D eigenvalue weighted by Gasteiger charge is 2.17. The van der Waals surface area contributed by atoms with Crippen molar-refractivity contribution in [1.82, 2.24) is 0 Å². The van der Waals surface area contributed by atoms with E-state index in [1.54, 1.807) is 0 Å². The van der Waals surface area contributed by atoms with Gasteiger partial charge in [0.1, 0.15) is 11.6 Å². The molecule has 1 aromatic carbocycles. The van der Waals surface area contributed by atoms with Gasteiger partial charge in [-0.3, -0.25) is 0 Å². The molecule has 0 aliphatic carbocycles. The second-order valence-corrected chi connectivity index (χ2v) is 4.08. The summed E-state index contributed by atoms with van der Waals surface area (Å²) in [6.07, 6.45) is 1.25. The molecule has 0 aromatic heterocycles. The van der Waals surface area contributed by atoms with Crippen molar-refractivity contribution in [3.63, 3.8) is 0 Å². The second-order valence-electron chi connectivity index (χ2n) is 4.08. The van der Waals surface area contributed by atoms with E-state index >= 15 is 0 Å². The molecule has 1 rings (SSSR count). The van der Waals surface area contributed by atoms with Crippen molar-refractivity contribution >= 4 is 0 Å². The fraction of sp³-hybridized carbons (Fsp3) is 0.538. The van der Waals surface area contributed by atoms with Gasteiger partial charge < -0.3 is 5.11 Å². The average molecular weight is 228 g/mol. The lowest BCUT2D eigenvalue weighted by Gasteiger charge is -2.20. The van der Waals surface area contributed by atoms with Crippen molar-refractivity contribution < 1.29 is 13.9 Å². The molecule has 1 N–H and O–H groups in total. The molecule has 90 valence electrons. The Balaban J connectivity index is 2.75. The van der Waals surface area contributed by atoms with E-state index in [9.17, 15) is 13.9 Å². The van der Waals surface area contributed by atoms with Crippen LogP contribution in [0, 0.1) is 17.6 Å². The van der Waals surface area contributed by atoms with Crippen LogP contribution in [-0.4, -0.2) is 11.2 Å². The Hall–Kier alpha value is -0.960. The van der Waals surface area contributed by atoms with E-state index < -0.39 is 17.7 Å². The van der Waals surface area contributed by atoms with E-state index in [0.717, 1.165) is 31.0 Å². The summed E-state index contributed by atoms with van der Waals surface area (Å²) in [6.45, 7) is 3.97. The maximum absolute atomic E-state index is 13.3. The van der Waals surface area contributed by atoms with Crippen molar-refractivity contribution in [1.29, 1.82) is 0 Å². The third-order valence-corrected chi connectivity index (χ3v) is 3.03. The lowest BCUT2D eigenvalue weighted by atomic mass is 9.92. The third kappa shape index (κ3) is 3.27. The van der Waals surface area contributed by atoms with Crippen LogP contribution >= 0.6 is 0 Å². The Bertz CT molecular complexity index is 335. The minimum absolute atomic E-state index is 0.141. The van der Waals surface area contributed by atoms with E-state index in [0.29, 0.717) is 0 Å². The molecule has 0 amide bonds. The van der Waals surface area contributed by atoms with Crippen LogP contribution in [0.3, 0.4) is 0 Å². The molecule has 0 saturated heterocycles. The number of halogens is 2. The van der Waals surface area contributed by atoms with E-state index in [2.05, 4.69) is 0 Å². The van der Waals surface area contributed by atoms with Crippen LogP contribution in [0.15, 0.2) is 18.2 Å². The van der Waals surface area contributed by atoms with Gasteiger partial charge in [-0.2, -0.15) is 0 Å². The summed E-state index contributed by atoms with van der Waals surface area (Å²) < 4.78 is 26.2. The Labute approximate surface area is 95.1 Å². The van der Waals surface area contributed by atoms with Crippen LogP contribution in [0.25, 0.3) is 0 Å². The molecular weight excluding hydrogens is 210 g/mol. The molecule has 3 heteroatoms. The highest BCUT2D eigenvalue weighted by molar-refractivity contribution is 5.19. The van der Waals surface area contributed by atoms with Crippen LogP contribution in [0.4, 0.5) is 8.78 Å². The first kappa shape index (κ1) is 13.1. The molecule has 1 atom stereocenters. The Morgan fingerprint density at radius 1 is 1.19 bits per heavy atom. The zero-order chi connectivity index (χ0) is 12.1. The quantitative estimate of drug-likeness (QED) is 0.819. The molecule has 0 aliphatic heterocycles. The fourth-order valence-corrected chi connectivity index (χ4v) is 1.92. The summed E-state index contributed by atoms with van der Waals surface area (Å²) >= 11 is 0. The molecule has 16 heavy (non-hydrogen) atoms. The summed E-state index contributed by atoms with van der Waals surface area (Å²) in [5, 5.41) is 9.89. The highest BCUT2D eigenvalue weighted by Crippen LogP contribution is 2.19. The average Bonchev–Trinajstić information content (AvgIpc) is 2.25. The standard InChI is InChI=1S/C13H18F2O/c1-3-9(4-2)13(16)8-10-7-11(14)5-6-12(10)15/h5-7,9,13,16H,3-4,8H2,1-2H3. The van der Waals surface area contributed by atoms with Gasteiger partial charge in [-0.15, -0.1) is 0 Å². The topological polar surface area (TPSA) is 20.2 Å². The first-order valence-electron chi connectivity index (χ1n) is 5.70. The van der Waals surface area contributed by atoms with Crippen molar-refractivity contribution in [3.8, 4) is 0 Å². The zero-order valence-electron chi connectivity index (χ0n) is 9.71. The molecule has 1 nitrogen and oxygen atoms in total. The number of rotatable bonds is 5. The zero-order valence-corrected chi connectivity index (χ0v) is 9.71. The van der Waals surface area contributed by atoms with Gasteiger partial charge in [-0.1, -0.05) is 26.7 Å². The first-order chi connectivity index (χ1) is 7.58. The fourth-order valence-electron chi connectivity index (χ4n) is 1.92. The van der Waals surface area contributed by atoms with Gasteiger partial charge in [0, 0.05) is 6.42 Å². The van der Waals surface area contributed by atoms with Gasteiger partial charge in [0.2, 0.25) is 0 Å². The molecule has 1 aromatic rings. The number of aliphatic hydroxyl groups excluding tert-OH is 1. The lowest BCUT2D eigenvalue weighted by Crippen LogP contribution is -2.22. The van der Waals surface area contributed by atoms with Gasteiger partial charge in [0.25, 0.3) is 0 Å². The predicted molar refractivity (Wildman–Crippen MR) is 60.1 cm³/mol. The SMILES string of the molecule is CCC(CC)C(O)Cc1cc(F)ccc1F. The van der Waals surface area contributed by atoms with Gasteiger partial charge in [0.05, 0.1) is 6.10 Å². The van der Waals surface area contributed by atoms with E-state index in [4.69, 9.17) is 0 Å². The molecule has 0 fully saturated rings. The van der Waals surface area contributed by atoms with Crippen molar-refractivity contribution in [3.05, 3.63) is 35.4 Å². The van der Waals surface area contributed by atoms with Crippen LogP contribution in [0.2, 0.25) is 0 Å². The lowest BCUT2D eigenvalue weighted by molar-refractivity contribution is 0.102. The number of hydrogen-bond acceptors (Lipinski definition) is 1. The number of aliphatic hydroxyl groups is 1. The van der Waals surface area contributed by atoms with Gasteiger partial charge in [-0.25, -0.2) is 8.78 Å². The Morgan fingerprint density at radius 2 is 1.81 bits per heavy atom. The number of benzene rings is 1. The van der Waals surface area contributed by atoms with Gasteiger partial charge in [0.15, 0.2) is 0 Å². The largest absolute Gasteiger partial charge is 0.392 e. The molecule has 0 saturated carbocycles. The maximum Gasteiger partial charge on any atom is 0.126 e. The van der Waals surface area contributed by atoms with Crippen molar-refractivity contribution in [2.24, 2.45) is 5.92 Å². The molecule has 0 spiro atoms. The summed E-state index contributed by atoms with van der Waals surface area (Å²) in [7, 11) is 0. The normalized spacial score (nSPS) is 13.1. The first-order valence-corrected chi connectivity index (χ1v) is 5.70. The van der Waals surface area contributed by atoms with E-state index in [-0.39, 0.29) is 17.9 Å². The van der Waals surface area contributed by atoms with Crippen molar-refractivity contribution in [2.45, 2.75) is 39.2 Å². The second kappa shape index (κ2) is 5.94. The Kier molecular flexibility index (Phi) is 4.87. The third-order valence-electron chi connectivity index (χ3n) is 3.03. The smallest absolute Gasteiger partial charge is 0.126 e. The van der Waals surface area contributed by atoms with Gasteiger partial charge in [-0.05, 0) is 29.7 Å². The Morgan fingerprint density at radius 3 is 2.38 bits per heavy atom. The highest BCUT2D eigenvalue weighted by atomic mass is 19.1. The predicted octanol–water partition coefficient (Wildman–Crippen LogP) is 3.30. The maximum atomic E-state index is 13.3. The molecule has 0 radical (unpaired) electrons. The van der Waals surface area contributed by atoms with Crippen LogP contribution in [-0.2, 0) is 6.42 Å². The summed E-state index contributed by atoms with van der Waals surface area (Å²) in [5.74, 6) is -0.776. The van der Waals surface area contributed by atoms with E-state index in [1.807, 2.05) is 13.8 Å². The van der Waals surface area contributed by atoms with Crippen LogP contribution in [0.1, 0.15) is 32.3 Å². The molecule has 0 heterocycles. The molecule has 1 unspecified atom stereocenters. The summed E-state index contributed by atoms with van der Waals surface area (Å²) in [4.78, 5) is 0. The number of hydrogen-bond donors (Lipinski definition) is 1. The molecule has 0 aliphatic rings. The summed E-state index contributed by atoms with van der Waals surface area (Å²) in [5.41, 5.74) is 0.249. The van der Waals surface area contributed by atoms with Gasteiger partial charge >= 0.3 is 0 Å². The van der Waals surface area contributed by atoms with Crippen molar-refractivity contribution in [2.75, 3.05) is 0 Å². The summed E-state index contributed by atoms with van der Waals surface area (Å²) in [6, 6.07) is 3.34. The van der Waals surface area contributed by atoms with Crippen LogP contribution < -0.4 is 0 Å². The molecular formula is C13H18F2O. The van der Waals surface area contributed by atoms with Crippen LogP contribution in [0.5, 0.6) is 0 Å². The monoisotopic (exact) mass is 228 g/mol. The minimum Gasteiger partial charge on any atom is -0.392 e. The minimum atomic E-state index is -0.605.